The third kappa shape index (κ3) is 4.65. The Labute approximate surface area is 153 Å². The Hall–Kier alpha value is -2.86. The molecule has 2 rings (SSSR count). The molecule has 0 amide bonds. The summed E-state index contributed by atoms with van der Waals surface area (Å²) in [7, 11) is -4.38. The fourth-order valence-electron chi connectivity index (χ4n) is 2.37. The van der Waals surface area contributed by atoms with Crippen LogP contribution in [0.5, 0.6) is 0 Å². The number of aromatic carboxylic acids is 1. The summed E-state index contributed by atoms with van der Waals surface area (Å²) in [6.07, 6.45) is -1.53. The average Bonchev–Trinajstić information content (AvgIpc) is 2.65. The molecule has 0 heterocycles. The topological polar surface area (TPSA) is 167 Å². The molecule has 0 fully saturated rings. The summed E-state index contributed by atoms with van der Waals surface area (Å²) in [4.78, 5) is 20.7. The minimum absolute atomic E-state index is 0.133. The third-order valence-electron chi connectivity index (χ3n) is 3.74. The minimum atomic E-state index is -4.38. The molecule has 2 aromatic carbocycles. The number of carboxylic acids is 1. The van der Waals surface area contributed by atoms with Gasteiger partial charge in [-0.3, -0.25) is 10.1 Å². The average molecular weight is 396 g/mol. The zero-order chi connectivity index (χ0) is 20.2. The number of carbonyl (C=O) groups is 1. The van der Waals surface area contributed by atoms with Gasteiger partial charge in [-0.25, -0.2) is 17.9 Å². The molecule has 2 aromatic rings. The van der Waals surface area contributed by atoms with Crippen molar-refractivity contribution in [1.82, 2.24) is 4.72 Å². The first-order valence-electron chi connectivity index (χ1n) is 7.55. The van der Waals surface area contributed by atoms with Crippen molar-refractivity contribution in [1.29, 1.82) is 0 Å². The molecule has 0 saturated carbocycles. The van der Waals surface area contributed by atoms with E-state index in [4.69, 9.17) is 5.11 Å². The summed E-state index contributed by atoms with van der Waals surface area (Å²) >= 11 is 0. The van der Waals surface area contributed by atoms with E-state index in [2.05, 4.69) is 4.72 Å². The van der Waals surface area contributed by atoms with Gasteiger partial charge in [0.2, 0.25) is 10.0 Å². The number of nitrogens with zero attached hydrogens (tertiary/aromatic N) is 1. The Morgan fingerprint density at radius 2 is 1.74 bits per heavy atom. The van der Waals surface area contributed by atoms with Crippen LogP contribution in [0.3, 0.4) is 0 Å². The molecule has 0 radical (unpaired) electrons. The molecule has 0 spiro atoms. The molecule has 27 heavy (non-hydrogen) atoms. The lowest BCUT2D eigenvalue weighted by Crippen LogP contribution is -2.42. The van der Waals surface area contributed by atoms with Crippen LogP contribution in [-0.4, -0.2) is 47.3 Å². The van der Waals surface area contributed by atoms with Crippen molar-refractivity contribution < 1.29 is 33.5 Å². The lowest BCUT2D eigenvalue weighted by Gasteiger charge is -2.22. The molecule has 2 atom stereocenters. The highest BCUT2D eigenvalue weighted by Crippen LogP contribution is 2.23. The zero-order valence-corrected chi connectivity index (χ0v) is 14.5. The smallest absolute Gasteiger partial charge is 0.337 e. The fourth-order valence-corrected chi connectivity index (χ4v) is 3.80. The number of nitro groups is 1. The summed E-state index contributed by atoms with van der Waals surface area (Å²) in [5.74, 6) is -1.45. The number of hydrogen-bond donors (Lipinski definition) is 4. The Balaban J connectivity index is 2.30. The van der Waals surface area contributed by atoms with Gasteiger partial charge in [0.1, 0.15) is 0 Å². The lowest BCUT2D eigenvalue weighted by molar-refractivity contribution is -0.384. The van der Waals surface area contributed by atoms with Gasteiger partial charge in [0.15, 0.2) is 0 Å². The summed E-state index contributed by atoms with van der Waals surface area (Å²) in [6.45, 7) is -0.799. The van der Waals surface area contributed by atoms with E-state index in [-0.39, 0.29) is 11.3 Å². The molecule has 10 nitrogen and oxygen atoms in total. The molecule has 11 heteroatoms. The maximum atomic E-state index is 12.5. The lowest BCUT2D eigenvalue weighted by atomic mass is 10.0. The molecule has 4 N–H and O–H groups in total. The molecule has 0 aromatic heterocycles. The van der Waals surface area contributed by atoms with Crippen molar-refractivity contribution in [2.75, 3.05) is 6.61 Å². The van der Waals surface area contributed by atoms with Gasteiger partial charge < -0.3 is 15.3 Å². The third-order valence-corrected chi connectivity index (χ3v) is 5.28. The van der Waals surface area contributed by atoms with Crippen molar-refractivity contribution in [3.8, 4) is 0 Å². The van der Waals surface area contributed by atoms with Crippen molar-refractivity contribution in [2.24, 2.45) is 0 Å². The standard InChI is InChI=1S/C16H16N2O8S/c19-9-13(15(20)10-5-7-11(8-6-10)18(23)24)17-27(25,26)14-4-2-1-3-12(14)16(21)22/h1-8,13,15,17,19-20H,9H2,(H,21,22)/t13-,15+/m0/s1. The second-order valence-corrected chi connectivity index (χ2v) is 7.19. The van der Waals surface area contributed by atoms with Crippen LogP contribution in [0, 0.1) is 10.1 Å². The van der Waals surface area contributed by atoms with Gasteiger partial charge in [-0.2, -0.15) is 0 Å². The van der Waals surface area contributed by atoms with Gasteiger partial charge in [0.25, 0.3) is 5.69 Å². The quantitative estimate of drug-likeness (QED) is 0.373. The van der Waals surface area contributed by atoms with Crippen LogP contribution in [-0.2, 0) is 10.0 Å². The van der Waals surface area contributed by atoms with Gasteiger partial charge >= 0.3 is 5.97 Å². The Kier molecular flexibility index (Phi) is 6.23. The molecule has 0 bridgehead atoms. The number of non-ortho nitro benzene ring substituents is 1. The molecular weight excluding hydrogens is 380 g/mol. The first-order valence-corrected chi connectivity index (χ1v) is 9.03. The van der Waals surface area contributed by atoms with E-state index in [1.165, 1.54) is 24.3 Å². The monoisotopic (exact) mass is 396 g/mol. The number of carboxylic acid groups (broad SMARTS) is 1. The second kappa shape index (κ2) is 8.22. The summed E-state index contributed by atoms with van der Waals surface area (Å²) < 4.78 is 27.1. The van der Waals surface area contributed by atoms with E-state index in [0.717, 1.165) is 24.3 Å². The number of nitrogens with one attached hydrogen (secondary N) is 1. The van der Waals surface area contributed by atoms with Gasteiger partial charge in [-0.1, -0.05) is 12.1 Å². The van der Waals surface area contributed by atoms with E-state index >= 15 is 0 Å². The molecular formula is C16H16N2O8S. The van der Waals surface area contributed by atoms with Gasteiger partial charge in [-0.05, 0) is 29.8 Å². The van der Waals surface area contributed by atoms with Crippen molar-refractivity contribution in [3.63, 3.8) is 0 Å². The highest BCUT2D eigenvalue weighted by atomic mass is 32.2. The normalized spacial score (nSPS) is 13.7. The number of benzene rings is 2. The summed E-state index contributed by atoms with van der Waals surface area (Å²) in [5.41, 5.74) is -0.553. The van der Waals surface area contributed by atoms with Gasteiger partial charge in [0.05, 0.1) is 34.1 Å². The SMILES string of the molecule is O=C(O)c1ccccc1S(=O)(=O)N[C@@H](CO)[C@H](O)c1ccc([N+](=O)[O-])cc1. The molecule has 0 aliphatic heterocycles. The number of sulfonamides is 1. The van der Waals surface area contributed by atoms with Crippen LogP contribution in [0.2, 0.25) is 0 Å². The Morgan fingerprint density at radius 3 is 2.26 bits per heavy atom. The van der Waals surface area contributed by atoms with Gasteiger partial charge in [0, 0.05) is 12.1 Å². The Bertz CT molecular complexity index is 943. The number of rotatable bonds is 8. The van der Waals surface area contributed by atoms with Crippen LogP contribution >= 0.6 is 0 Å². The minimum Gasteiger partial charge on any atom is -0.478 e. The molecule has 0 saturated heterocycles. The molecule has 0 aliphatic rings. The predicted octanol–water partition coefficient (Wildman–Crippen LogP) is 0.666. The largest absolute Gasteiger partial charge is 0.478 e. The fraction of sp³-hybridized carbons (Fsp3) is 0.188. The van der Waals surface area contributed by atoms with Crippen LogP contribution in [0.15, 0.2) is 53.4 Å². The van der Waals surface area contributed by atoms with E-state index in [0.29, 0.717) is 0 Å². The van der Waals surface area contributed by atoms with Crippen molar-refractivity contribution in [3.05, 3.63) is 69.8 Å². The maximum Gasteiger partial charge on any atom is 0.337 e. The maximum absolute atomic E-state index is 12.5. The molecule has 144 valence electrons. The van der Waals surface area contributed by atoms with Gasteiger partial charge in [-0.15, -0.1) is 0 Å². The summed E-state index contributed by atoms with van der Waals surface area (Å²) in [6, 6.07) is 8.19. The first kappa shape index (κ1) is 20.5. The van der Waals surface area contributed by atoms with E-state index in [9.17, 15) is 33.5 Å². The van der Waals surface area contributed by atoms with Crippen LogP contribution in [0.25, 0.3) is 0 Å². The highest BCUT2D eigenvalue weighted by Gasteiger charge is 2.29. The van der Waals surface area contributed by atoms with Crippen LogP contribution < -0.4 is 4.72 Å². The first-order chi connectivity index (χ1) is 12.7. The Morgan fingerprint density at radius 1 is 1.15 bits per heavy atom. The molecule has 0 unspecified atom stereocenters. The summed E-state index contributed by atoms with van der Waals surface area (Å²) in [5, 5.41) is 39.6. The number of aliphatic hydroxyl groups excluding tert-OH is 2. The van der Waals surface area contributed by atoms with E-state index in [1.807, 2.05) is 0 Å². The zero-order valence-electron chi connectivity index (χ0n) is 13.7. The van der Waals surface area contributed by atoms with Crippen LogP contribution in [0.4, 0.5) is 5.69 Å². The number of hydrogen-bond acceptors (Lipinski definition) is 7. The number of aliphatic hydroxyl groups is 2. The molecule has 0 aliphatic carbocycles. The van der Waals surface area contributed by atoms with E-state index in [1.54, 1.807) is 0 Å². The van der Waals surface area contributed by atoms with Crippen molar-refractivity contribution in [2.45, 2.75) is 17.0 Å². The van der Waals surface area contributed by atoms with E-state index < -0.39 is 50.1 Å². The van der Waals surface area contributed by atoms with Crippen LogP contribution in [0.1, 0.15) is 22.0 Å². The highest BCUT2D eigenvalue weighted by molar-refractivity contribution is 7.89. The number of nitro benzene ring substituents is 1. The predicted molar refractivity (Wildman–Crippen MR) is 92.7 cm³/mol. The second-order valence-electron chi connectivity index (χ2n) is 5.51. The van der Waals surface area contributed by atoms with Crippen molar-refractivity contribution >= 4 is 21.7 Å².